The highest BCUT2D eigenvalue weighted by atomic mass is 16.5. The predicted octanol–water partition coefficient (Wildman–Crippen LogP) is 1.10. The number of carboxylic acids is 1. The van der Waals surface area contributed by atoms with Crippen molar-refractivity contribution in [3.63, 3.8) is 0 Å². The number of hydrogen-bond donors (Lipinski definition) is 3. The zero-order valence-corrected chi connectivity index (χ0v) is 17.3. The van der Waals surface area contributed by atoms with Gasteiger partial charge in [0.25, 0.3) is 11.9 Å². The third-order valence-electron chi connectivity index (χ3n) is 5.27. The molecule has 1 aromatic rings. The van der Waals surface area contributed by atoms with Crippen LogP contribution in [0.5, 0.6) is 0 Å². The van der Waals surface area contributed by atoms with E-state index in [1.165, 1.54) is 0 Å². The van der Waals surface area contributed by atoms with Crippen LogP contribution in [0.25, 0.3) is 0 Å². The van der Waals surface area contributed by atoms with Crippen molar-refractivity contribution in [3.05, 3.63) is 35.4 Å². The number of carboxylic acid groups (broad SMARTS) is 1. The van der Waals surface area contributed by atoms with E-state index in [-0.39, 0.29) is 18.4 Å². The van der Waals surface area contributed by atoms with Gasteiger partial charge in [0.05, 0.1) is 6.04 Å². The van der Waals surface area contributed by atoms with Crippen LogP contribution in [0.4, 0.5) is 0 Å². The van der Waals surface area contributed by atoms with Crippen molar-refractivity contribution in [2.24, 2.45) is 5.92 Å². The maximum Gasteiger partial charge on any atom is 0.300 e. The largest absolute Gasteiger partial charge is 0.481 e. The van der Waals surface area contributed by atoms with Gasteiger partial charge in [-0.1, -0.05) is 24.3 Å². The summed E-state index contributed by atoms with van der Waals surface area (Å²) >= 11 is 0. The second-order valence-electron chi connectivity index (χ2n) is 7.50. The lowest BCUT2D eigenvalue weighted by Gasteiger charge is -2.39. The molecule has 2 aliphatic rings. The molecule has 8 nitrogen and oxygen atoms in total. The van der Waals surface area contributed by atoms with Gasteiger partial charge in [-0.3, -0.25) is 14.4 Å². The molecule has 0 saturated carbocycles. The number of aryl methyl sites for hydroxylation is 1. The molecule has 3 N–H and O–H groups in total. The maximum absolute atomic E-state index is 12.8. The van der Waals surface area contributed by atoms with Crippen molar-refractivity contribution in [2.75, 3.05) is 33.3 Å². The number of hydrogen-bond acceptors (Lipinski definition) is 5. The Hall–Kier alpha value is -2.45. The number of morpholine rings is 1. The smallest absolute Gasteiger partial charge is 0.300 e. The topological polar surface area (TPSA) is 108 Å². The summed E-state index contributed by atoms with van der Waals surface area (Å²) in [4.78, 5) is 35.6. The highest BCUT2D eigenvalue weighted by Crippen LogP contribution is 2.31. The van der Waals surface area contributed by atoms with Crippen molar-refractivity contribution >= 4 is 17.8 Å². The number of aliphatic carboxylic acids is 1. The van der Waals surface area contributed by atoms with Gasteiger partial charge < -0.3 is 25.4 Å². The number of piperidine rings is 1. The number of rotatable bonds is 4. The van der Waals surface area contributed by atoms with E-state index in [4.69, 9.17) is 14.6 Å². The zero-order valence-electron chi connectivity index (χ0n) is 17.3. The molecule has 2 heterocycles. The summed E-state index contributed by atoms with van der Waals surface area (Å²) in [5.41, 5.74) is 2.01. The molecule has 0 aliphatic carbocycles. The zero-order chi connectivity index (χ0) is 21.4. The third-order valence-corrected chi connectivity index (χ3v) is 5.27. The fourth-order valence-corrected chi connectivity index (χ4v) is 3.65. The number of likely N-dealkylation sites (N-methyl/N-ethyl adjacent to an activating group) is 1. The fraction of sp³-hybridized carbons (Fsp3) is 0.571. The fourth-order valence-electron chi connectivity index (χ4n) is 3.65. The first-order valence-corrected chi connectivity index (χ1v) is 9.92. The quantitative estimate of drug-likeness (QED) is 0.692. The first-order chi connectivity index (χ1) is 13.8. The molecular formula is C21H31N3O5. The average Bonchev–Trinajstić information content (AvgIpc) is 2.69. The number of carbonyl (C=O) groups is 3. The van der Waals surface area contributed by atoms with Crippen LogP contribution in [0.2, 0.25) is 0 Å². The van der Waals surface area contributed by atoms with Crippen LogP contribution in [-0.2, 0) is 19.1 Å². The highest BCUT2D eigenvalue weighted by molar-refractivity contribution is 5.86. The van der Waals surface area contributed by atoms with Gasteiger partial charge in [-0.05, 0) is 49.9 Å². The van der Waals surface area contributed by atoms with Crippen LogP contribution < -0.4 is 10.6 Å². The highest BCUT2D eigenvalue weighted by Gasteiger charge is 2.40. The van der Waals surface area contributed by atoms with Crippen molar-refractivity contribution in [3.8, 4) is 0 Å². The van der Waals surface area contributed by atoms with Crippen LogP contribution in [0.15, 0.2) is 24.3 Å². The summed E-state index contributed by atoms with van der Waals surface area (Å²) in [5.74, 6) is -0.563. The number of benzene rings is 1. The van der Waals surface area contributed by atoms with Crippen molar-refractivity contribution < 1.29 is 24.2 Å². The van der Waals surface area contributed by atoms with Gasteiger partial charge in [0.2, 0.25) is 5.91 Å². The lowest BCUT2D eigenvalue weighted by molar-refractivity contribution is -0.162. The lowest BCUT2D eigenvalue weighted by Crippen LogP contribution is -2.53. The maximum atomic E-state index is 12.8. The Labute approximate surface area is 171 Å². The van der Waals surface area contributed by atoms with E-state index in [9.17, 15) is 9.59 Å². The standard InChI is InChI=1S/C19H27N3O3.C2H4O2/c1-13-5-3-4-6-15(13)17-18(25-12-16(23)22(17)2)19(24)21-11-14-7-9-20-10-8-14;1-2(3)4/h3-6,14,17-18,20H,7-12H2,1-2H3,(H,21,24);1H3,(H,3,4)/t17-,18+;/m1./s1. The first kappa shape index (κ1) is 22.8. The second kappa shape index (κ2) is 10.9. The average molecular weight is 405 g/mol. The second-order valence-corrected chi connectivity index (χ2v) is 7.50. The van der Waals surface area contributed by atoms with E-state index >= 15 is 0 Å². The van der Waals surface area contributed by atoms with Gasteiger partial charge in [-0.25, -0.2) is 0 Å². The lowest BCUT2D eigenvalue weighted by atomic mass is 9.93. The van der Waals surface area contributed by atoms with Gasteiger partial charge >= 0.3 is 0 Å². The molecule has 2 fully saturated rings. The summed E-state index contributed by atoms with van der Waals surface area (Å²) in [6, 6.07) is 7.45. The minimum atomic E-state index is -0.833. The van der Waals surface area contributed by atoms with Gasteiger partial charge in [0.15, 0.2) is 6.10 Å². The van der Waals surface area contributed by atoms with E-state index in [2.05, 4.69) is 10.6 Å². The predicted molar refractivity (Wildman–Crippen MR) is 108 cm³/mol. The van der Waals surface area contributed by atoms with E-state index in [0.29, 0.717) is 12.5 Å². The number of carbonyl (C=O) groups excluding carboxylic acids is 2. The molecule has 2 atom stereocenters. The van der Waals surface area contributed by atoms with Gasteiger partial charge in [0.1, 0.15) is 6.61 Å². The molecule has 0 unspecified atom stereocenters. The molecule has 0 bridgehead atoms. The number of nitrogens with zero attached hydrogens (tertiary/aromatic N) is 1. The summed E-state index contributed by atoms with van der Waals surface area (Å²) in [6.45, 7) is 5.70. The first-order valence-electron chi connectivity index (χ1n) is 9.92. The molecule has 0 radical (unpaired) electrons. The van der Waals surface area contributed by atoms with Crippen LogP contribution in [0.3, 0.4) is 0 Å². The van der Waals surface area contributed by atoms with E-state index < -0.39 is 18.1 Å². The normalized spacial score (nSPS) is 22.4. The van der Waals surface area contributed by atoms with Gasteiger partial charge in [-0.2, -0.15) is 0 Å². The Balaban J connectivity index is 0.000000687. The van der Waals surface area contributed by atoms with Crippen LogP contribution in [0, 0.1) is 12.8 Å². The Morgan fingerprint density at radius 3 is 2.52 bits per heavy atom. The van der Waals surface area contributed by atoms with Crippen LogP contribution >= 0.6 is 0 Å². The summed E-state index contributed by atoms with van der Waals surface area (Å²) < 4.78 is 5.67. The van der Waals surface area contributed by atoms with Crippen molar-refractivity contribution in [2.45, 2.75) is 38.8 Å². The number of nitrogens with one attached hydrogen (secondary N) is 2. The van der Waals surface area contributed by atoms with Crippen molar-refractivity contribution in [1.29, 1.82) is 0 Å². The molecule has 3 rings (SSSR count). The summed E-state index contributed by atoms with van der Waals surface area (Å²) in [5, 5.41) is 13.8. The Kier molecular flexibility index (Phi) is 8.60. The number of amides is 2. The molecule has 2 amide bonds. The van der Waals surface area contributed by atoms with Gasteiger partial charge in [0, 0.05) is 20.5 Å². The van der Waals surface area contributed by atoms with E-state index in [0.717, 1.165) is 44.0 Å². The molecule has 160 valence electrons. The van der Waals surface area contributed by atoms with E-state index in [1.54, 1.807) is 11.9 Å². The third kappa shape index (κ3) is 6.54. The molecule has 29 heavy (non-hydrogen) atoms. The van der Waals surface area contributed by atoms with Crippen LogP contribution in [-0.4, -0.2) is 67.2 Å². The molecule has 8 heteroatoms. The minimum absolute atomic E-state index is 0.0513. The summed E-state index contributed by atoms with van der Waals surface area (Å²) in [6.07, 6.45) is 1.47. The molecule has 2 saturated heterocycles. The Morgan fingerprint density at radius 2 is 1.90 bits per heavy atom. The Morgan fingerprint density at radius 1 is 1.28 bits per heavy atom. The van der Waals surface area contributed by atoms with E-state index in [1.807, 2.05) is 31.2 Å². The molecule has 0 aromatic heterocycles. The molecule has 2 aliphatic heterocycles. The van der Waals surface area contributed by atoms with Crippen LogP contribution in [0.1, 0.15) is 36.9 Å². The Bertz CT molecular complexity index is 714. The van der Waals surface area contributed by atoms with Crippen molar-refractivity contribution in [1.82, 2.24) is 15.5 Å². The monoisotopic (exact) mass is 405 g/mol. The molecule has 1 aromatic carbocycles. The summed E-state index contributed by atoms with van der Waals surface area (Å²) in [7, 11) is 1.75. The van der Waals surface area contributed by atoms with Gasteiger partial charge in [-0.15, -0.1) is 0 Å². The minimum Gasteiger partial charge on any atom is -0.481 e. The molecular weight excluding hydrogens is 374 g/mol. The number of ether oxygens (including phenoxy) is 1. The SMILES string of the molecule is CC(=O)O.Cc1ccccc1[C@@H]1[C@@H](C(=O)NCC2CCNCC2)OCC(=O)N1C. The molecule has 0 spiro atoms.